The predicted molar refractivity (Wildman–Crippen MR) is 48.2 cm³/mol. The fraction of sp³-hybridized carbons (Fsp3) is 0.857. The molecule has 0 spiro atoms. The topological polar surface area (TPSA) is 49.5 Å². The predicted octanol–water partition coefficient (Wildman–Crippen LogP) is 0.0768. The van der Waals surface area contributed by atoms with Crippen LogP contribution in [-0.2, 0) is 0 Å². The first kappa shape index (κ1) is 8.74. The van der Waals surface area contributed by atoms with E-state index in [9.17, 15) is 5.11 Å². The van der Waals surface area contributed by atoms with Crippen LogP contribution in [0.15, 0.2) is 0 Å². The molecule has 0 bridgehead atoms. The fourth-order valence-corrected chi connectivity index (χ4v) is 1.39. The van der Waals surface area contributed by atoms with E-state index in [4.69, 9.17) is 18.0 Å². The van der Waals surface area contributed by atoms with Crippen molar-refractivity contribution in [1.82, 2.24) is 4.90 Å². The van der Waals surface area contributed by atoms with E-state index in [0.29, 0.717) is 5.11 Å². The molecule has 0 amide bonds. The van der Waals surface area contributed by atoms with Gasteiger partial charge in [-0.3, -0.25) is 0 Å². The van der Waals surface area contributed by atoms with Crippen molar-refractivity contribution < 1.29 is 5.11 Å². The Labute approximate surface area is 72.2 Å². The van der Waals surface area contributed by atoms with Crippen LogP contribution in [0.2, 0.25) is 0 Å². The number of likely N-dealkylation sites (tertiary alicyclic amines) is 1. The summed E-state index contributed by atoms with van der Waals surface area (Å²) in [5.74, 6) is 0. The Kier molecular flexibility index (Phi) is 2.34. The van der Waals surface area contributed by atoms with Crippen LogP contribution >= 0.6 is 12.2 Å². The van der Waals surface area contributed by atoms with Crippen molar-refractivity contribution in [3.8, 4) is 0 Å². The van der Waals surface area contributed by atoms with Gasteiger partial charge in [-0.05, 0) is 32.0 Å². The van der Waals surface area contributed by atoms with Gasteiger partial charge in [0.05, 0.1) is 5.60 Å². The SMILES string of the molecule is CC1(O)CCN(C(N)=S)CC1. The summed E-state index contributed by atoms with van der Waals surface area (Å²) < 4.78 is 0. The van der Waals surface area contributed by atoms with E-state index in [1.165, 1.54) is 0 Å². The van der Waals surface area contributed by atoms with Gasteiger partial charge in [-0.15, -0.1) is 0 Å². The Morgan fingerprint density at radius 2 is 2.00 bits per heavy atom. The van der Waals surface area contributed by atoms with Crippen molar-refractivity contribution in [2.75, 3.05) is 13.1 Å². The van der Waals surface area contributed by atoms with Crippen molar-refractivity contribution >= 4 is 17.3 Å². The molecule has 1 saturated heterocycles. The number of nitrogens with two attached hydrogens (primary N) is 1. The van der Waals surface area contributed by atoms with E-state index >= 15 is 0 Å². The van der Waals surface area contributed by atoms with Crippen molar-refractivity contribution in [3.05, 3.63) is 0 Å². The lowest BCUT2D eigenvalue weighted by Crippen LogP contribution is -2.46. The van der Waals surface area contributed by atoms with Crippen molar-refractivity contribution in [1.29, 1.82) is 0 Å². The van der Waals surface area contributed by atoms with Gasteiger partial charge < -0.3 is 15.7 Å². The summed E-state index contributed by atoms with van der Waals surface area (Å²) in [6, 6.07) is 0. The minimum Gasteiger partial charge on any atom is -0.390 e. The van der Waals surface area contributed by atoms with E-state index in [1.54, 1.807) is 0 Å². The van der Waals surface area contributed by atoms with Gasteiger partial charge >= 0.3 is 0 Å². The zero-order chi connectivity index (χ0) is 8.48. The minimum atomic E-state index is -0.513. The lowest BCUT2D eigenvalue weighted by molar-refractivity contribution is 0.0102. The molecule has 0 saturated carbocycles. The highest BCUT2D eigenvalue weighted by molar-refractivity contribution is 7.80. The first-order valence-electron chi connectivity index (χ1n) is 3.78. The lowest BCUT2D eigenvalue weighted by Gasteiger charge is -2.35. The van der Waals surface area contributed by atoms with E-state index in [1.807, 2.05) is 11.8 Å². The van der Waals surface area contributed by atoms with Gasteiger partial charge in [-0.25, -0.2) is 0 Å². The number of nitrogens with zero attached hydrogens (tertiary/aromatic N) is 1. The molecule has 1 aliphatic rings. The quantitative estimate of drug-likeness (QED) is 0.511. The number of aliphatic hydroxyl groups is 1. The second-order valence-electron chi connectivity index (χ2n) is 3.32. The molecule has 0 atom stereocenters. The highest BCUT2D eigenvalue weighted by Crippen LogP contribution is 2.20. The summed E-state index contributed by atoms with van der Waals surface area (Å²) in [6.45, 7) is 3.41. The summed E-state index contributed by atoms with van der Waals surface area (Å²) in [7, 11) is 0. The van der Waals surface area contributed by atoms with Crippen molar-refractivity contribution in [3.63, 3.8) is 0 Å². The molecule has 3 N–H and O–H groups in total. The number of thiocarbonyl (C=S) groups is 1. The number of hydrogen-bond acceptors (Lipinski definition) is 2. The molecule has 64 valence electrons. The second kappa shape index (κ2) is 2.95. The summed E-state index contributed by atoms with van der Waals surface area (Å²) in [6.07, 6.45) is 1.51. The molecule has 0 aromatic carbocycles. The smallest absolute Gasteiger partial charge is 0.166 e. The highest BCUT2D eigenvalue weighted by Gasteiger charge is 2.27. The Balaban J connectivity index is 2.42. The van der Waals surface area contributed by atoms with Crippen LogP contribution in [0.25, 0.3) is 0 Å². The summed E-state index contributed by atoms with van der Waals surface area (Å²) in [4.78, 5) is 1.92. The standard InChI is InChI=1S/C7H14N2OS/c1-7(10)2-4-9(5-3-7)6(8)11/h10H,2-5H2,1H3,(H2,8,11). The molecule has 1 rings (SSSR count). The Morgan fingerprint density at radius 1 is 1.55 bits per heavy atom. The average molecular weight is 174 g/mol. The fourth-order valence-electron chi connectivity index (χ4n) is 1.21. The molecule has 0 aliphatic carbocycles. The molecule has 0 unspecified atom stereocenters. The van der Waals surface area contributed by atoms with Crippen LogP contribution in [0.4, 0.5) is 0 Å². The lowest BCUT2D eigenvalue weighted by atomic mass is 9.94. The molecule has 0 aromatic heterocycles. The summed E-state index contributed by atoms with van der Waals surface area (Å²) >= 11 is 4.81. The molecule has 1 fully saturated rings. The molecule has 3 nitrogen and oxygen atoms in total. The summed E-state index contributed by atoms with van der Waals surface area (Å²) in [5, 5.41) is 10.0. The normalized spacial score (nSPS) is 23.3. The Hall–Kier alpha value is -0.350. The number of hydrogen-bond donors (Lipinski definition) is 2. The number of rotatable bonds is 0. The molecule has 4 heteroatoms. The first-order valence-corrected chi connectivity index (χ1v) is 4.19. The van der Waals surface area contributed by atoms with Crippen LogP contribution in [0, 0.1) is 0 Å². The highest BCUT2D eigenvalue weighted by atomic mass is 32.1. The van der Waals surface area contributed by atoms with E-state index in [2.05, 4.69) is 0 Å². The third kappa shape index (κ3) is 2.31. The zero-order valence-electron chi connectivity index (χ0n) is 6.71. The average Bonchev–Trinajstić information content (AvgIpc) is 1.86. The molecule has 0 aromatic rings. The van der Waals surface area contributed by atoms with Crippen molar-refractivity contribution in [2.24, 2.45) is 5.73 Å². The molecular formula is C7H14N2OS. The van der Waals surface area contributed by atoms with Gasteiger partial charge in [0.15, 0.2) is 5.11 Å². The van der Waals surface area contributed by atoms with Crippen LogP contribution in [0.5, 0.6) is 0 Å². The third-order valence-corrected chi connectivity index (χ3v) is 2.41. The van der Waals surface area contributed by atoms with E-state index < -0.39 is 5.60 Å². The number of piperidine rings is 1. The van der Waals surface area contributed by atoms with Gasteiger partial charge in [0, 0.05) is 13.1 Å². The summed E-state index contributed by atoms with van der Waals surface area (Å²) in [5.41, 5.74) is 4.92. The third-order valence-electron chi connectivity index (χ3n) is 2.15. The van der Waals surface area contributed by atoms with Crippen LogP contribution in [0.1, 0.15) is 19.8 Å². The maximum absolute atomic E-state index is 9.56. The molecule has 1 aliphatic heterocycles. The second-order valence-corrected chi connectivity index (χ2v) is 3.74. The largest absolute Gasteiger partial charge is 0.390 e. The van der Waals surface area contributed by atoms with Gasteiger partial charge in [0.25, 0.3) is 0 Å². The molecule has 1 heterocycles. The van der Waals surface area contributed by atoms with Crippen LogP contribution in [0.3, 0.4) is 0 Å². The zero-order valence-corrected chi connectivity index (χ0v) is 7.52. The monoisotopic (exact) mass is 174 g/mol. The maximum Gasteiger partial charge on any atom is 0.166 e. The minimum absolute atomic E-state index is 0.445. The van der Waals surface area contributed by atoms with E-state index in [-0.39, 0.29) is 0 Å². The van der Waals surface area contributed by atoms with E-state index in [0.717, 1.165) is 25.9 Å². The van der Waals surface area contributed by atoms with Gasteiger partial charge in [-0.2, -0.15) is 0 Å². The van der Waals surface area contributed by atoms with Crippen LogP contribution < -0.4 is 5.73 Å². The Bertz CT molecular complexity index is 160. The molecule has 0 radical (unpaired) electrons. The van der Waals surface area contributed by atoms with Gasteiger partial charge in [-0.1, -0.05) is 0 Å². The maximum atomic E-state index is 9.56. The molecular weight excluding hydrogens is 160 g/mol. The van der Waals surface area contributed by atoms with Gasteiger partial charge in [0.1, 0.15) is 0 Å². The van der Waals surface area contributed by atoms with Gasteiger partial charge in [0.2, 0.25) is 0 Å². The van der Waals surface area contributed by atoms with Crippen molar-refractivity contribution in [2.45, 2.75) is 25.4 Å². The molecule has 11 heavy (non-hydrogen) atoms. The van der Waals surface area contributed by atoms with Crippen LogP contribution in [-0.4, -0.2) is 33.8 Å². The first-order chi connectivity index (χ1) is 5.01. The Morgan fingerprint density at radius 3 is 2.36 bits per heavy atom.